The fourth-order valence-corrected chi connectivity index (χ4v) is 5.52. The smallest absolute Gasteiger partial charge is 0.322 e. The number of dihydropyridines is 1. The lowest BCUT2D eigenvalue weighted by atomic mass is 9.86. The van der Waals surface area contributed by atoms with Crippen molar-refractivity contribution in [2.24, 2.45) is 10.9 Å². The number of benzene rings is 1. The maximum absolute atomic E-state index is 14.9. The monoisotopic (exact) mass is 538 g/mol. The van der Waals surface area contributed by atoms with E-state index in [9.17, 15) is 23.6 Å². The van der Waals surface area contributed by atoms with Crippen LogP contribution in [0.5, 0.6) is 5.75 Å². The Morgan fingerprint density at radius 1 is 1.26 bits per heavy atom. The minimum atomic E-state index is -1.62. The molecule has 2 fully saturated rings. The van der Waals surface area contributed by atoms with Gasteiger partial charge >= 0.3 is 6.03 Å². The standard InChI is InChI=1S/C27H31FN6O5/c1-15(18-10-19(12-29-11-18)30-23(35)16-6-8-33(2)9-7-16)27(25(37)31-26(38)32-27)14-34-13-17-4-5-20(39-3)22(28)21(17)24(34)36/h4-5,10-11,16H,6-9,12-14H2,1-3H3,(H,30,35)(H2,31,32,37,38). The maximum atomic E-state index is 14.9. The zero-order valence-electron chi connectivity index (χ0n) is 22.1. The zero-order valence-corrected chi connectivity index (χ0v) is 22.1. The molecule has 4 heterocycles. The van der Waals surface area contributed by atoms with Crippen molar-refractivity contribution in [1.82, 2.24) is 25.8 Å². The first-order chi connectivity index (χ1) is 18.6. The number of carbonyl (C=O) groups is 4. The third kappa shape index (κ3) is 4.80. The molecule has 11 nitrogen and oxygen atoms in total. The molecule has 0 aromatic heterocycles. The number of likely N-dealkylation sites (tertiary alicyclic amines) is 1. The number of amides is 5. The summed E-state index contributed by atoms with van der Waals surface area (Å²) >= 11 is 0. The van der Waals surface area contributed by atoms with Crippen LogP contribution in [0.15, 0.2) is 40.0 Å². The Hall–Kier alpha value is -4.06. The summed E-state index contributed by atoms with van der Waals surface area (Å²) in [4.78, 5) is 59.5. The normalized spacial score (nSPS) is 24.8. The summed E-state index contributed by atoms with van der Waals surface area (Å²) in [6.45, 7) is 3.47. The van der Waals surface area contributed by atoms with Gasteiger partial charge in [0.1, 0.15) is 0 Å². The molecule has 3 N–H and O–H groups in total. The molecular formula is C27H31FN6O5. The molecule has 1 aromatic carbocycles. The van der Waals surface area contributed by atoms with Crippen molar-refractivity contribution in [3.8, 4) is 5.75 Å². The second-order valence-electron chi connectivity index (χ2n) is 10.4. The molecule has 4 aliphatic heterocycles. The second-order valence-corrected chi connectivity index (χ2v) is 10.4. The largest absolute Gasteiger partial charge is 0.494 e. The van der Waals surface area contributed by atoms with Crippen molar-refractivity contribution in [2.75, 3.05) is 40.3 Å². The van der Waals surface area contributed by atoms with Crippen LogP contribution in [0.3, 0.4) is 0 Å². The Kier molecular flexibility index (Phi) is 6.98. The van der Waals surface area contributed by atoms with Gasteiger partial charge in [-0.25, -0.2) is 9.18 Å². The highest BCUT2D eigenvalue weighted by molar-refractivity contribution is 6.10. The number of fused-ring (bicyclic) bond motifs is 1. The van der Waals surface area contributed by atoms with Gasteiger partial charge in [-0.3, -0.25) is 24.7 Å². The number of aliphatic imine (C=N–C) groups is 1. The van der Waals surface area contributed by atoms with E-state index >= 15 is 0 Å². The first kappa shape index (κ1) is 26.5. The van der Waals surface area contributed by atoms with Gasteiger partial charge in [-0.15, -0.1) is 0 Å². The van der Waals surface area contributed by atoms with Gasteiger partial charge in [0, 0.05) is 24.4 Å². The van der Waals surface area contributed by atoms with Crippen LogP contribution in [0, 0.1) is 11.7 Å². The zero-order chi connectivity index (χ0) is 27.9. The molecule has 2 saturated heterocycles. The van der Waals surface area contributed by atoms with Crippen molar-refractivity contribution in [3.63, 3.8) is 0 Å². The Balaban J connectivity index is 1.42. The number of allylic oxidation sites excluding steroid dienone is 2. The Morgan fingerprint density at radius 3 is 2.67 bits per heavy atom. The molecule has 0 bridgehead atoms. The van der Waals surface area contributed by atoms with Gasteiger partial charge in [-0.1, -0.05) is 6.07 Å². The first-order valence-corrected chi connectivity index (χ1v) is 12.8. The maximum Gasteiger partial charge on any atom is 0.322 e. The van der Waals surface area contributed by atoms with Crippen LogP contribution in [0.4, 0.5) is 9.18 Å². The van der Waals surface area contributed by atoms with E-state index in [4.69, 9.17) is 4.74 Å². The predicted molar refractivity (Wildman–Crippen MR) is 140 cm³/mol. The first-order valence-electron chi connectivity index (χ1n) is 12.8. The Morgan fingerprint density at radius 2 is 2.00 bits per heavy atom. The number of hydrogen-bond donors (Lipinski definition) is 3. The summed E-state index contributed by atoms with van der Waals surface area (Å²) < 4.78 is 19.9. The quantitative estimate of drug-likeness (QED) is 0.465. The summed E-state index contributed by atoms with van der Waals surface area (Å²) in [5, 5.41) is 7.92. The van der Waals surface area contributed by atoms with Gasteiger partial charge in [0.15, 0.2) is 17.1 Å². The molecule has 0 saturated carbocycles. The van der Waals surface area contributed by atoms with Gasteiger partial charge < -0.3 is 25.2 Å². The number of urea groups is 1. The molecule has 39 heavy (non-hydrogen) atoms. The molecule has 4 aliphatic rings. The van der Waals surface area contributed by atoms with Gasteiger partial charge in [0.2, 0.25) is 5.91 Å². The molecule has 0 spiro atoms. The highest BCUT2D eigenvalue weighted by Crippen LogP contribution is 2.34. The number of carbonyl (C=O) groups excluding carboxylic acids is 4. The molecule has 1 aromatic rings. The van der Waals surface area contributed by atoms with E-state index in [1.54, 1.807) is 25.3 Å². The summed E-state index contributed by atoms with van der Waals surface area (Å²) in [5.74, 6) is -2.21. The number of piperidine rings is 1. The average molecular weight is 539 g/mol. The van der Waals surface area contributed by atoms with Gasteiger partial charge in [0.25, 0.3) is 11.8 Å². The van der Waals surface area contributed by atoms with Gasteiger partial charge in [0.05, 0.1) is 25.8 Å². The molecule has 0 aliphatic carbocycles. The van der Waals surface area contributed by atoms with Crippen molar-refractivity contribution in [3.05, 3.63) is 52.0 Å². The number of nitrogens with one attached hydrogen (secondary N) is 3. The minimum Gasteiger partial charge on any atom is -0.494 e. The molecule has 206 valence electrons. The SMILES string of the molecule is COc1ccc2c(c1F)C(=O)N(CC1(C(C)=C3C=NCC(NC(=O)C4CCN(C)CC4)=C3)NC(=O)NC1=O)C2. The third-order valence-electron chi connectivity index (χ3n) is 7.91. The fraction of sp³-hybridized carbons (Fsp3) is 0.444. The molecule has 5 amide bonds. The van der Waals surface area contributed by atoms with Crippen molar-refractivity contribution >= 4 is 30.0 Å². The topological polar surface area (TPSA) is 132 Å². The summed E-state index contributed by atoms with van der Waals surface area (Å²) in [5.41, 5.74) is 0.262. The number of imide groups is 1. The molecule has 1 atom stereocenters. The number of halogens is 1. The van der Waals surface area contributed by atoms with Crippen LogP contribution >= 0.6 is 0 Å². The van der Waals surface area contributed by atoms with Crippen LogP contribution in [0.2, 0.25) is 0 Å². The van der Waals surface area contributed by atoms with E-state index in [1.807, 2.05) is 7.05 Å². The fourth-order valence-electron chi connectivity index (χ4n) is 5.52. The highest BCUT2D eigenvalue weighted by Gasteiger charge is 2.51. The van der Waals surface area contributed by atoms with Crippen LogP contribution in [0.1, 0.15) is 35.7 Å². The van der Waals surface area contributed by atoms with Crippen LogP contribution in [-0.2, 0) is 16.1 Å². The van der Waals surface area contributed by atoms with E-state index in [0.29, 0.717) is 22.4 Å². The van der Waals surface area contributed by atoms with E-state index in [1.165, 1.54) is 18.1 Å². The van der Waals surface area contributed by atoms with Crippen LogP contribution in [-0.4, -0.2) is 85.6 Å². The van der Waals surface area contributed by atoms with E-state index < -0.39 is 29.2 Å². The summed E-state index contributed by atoms with van der Waals surface area (Å²) in [7, 11) is 3.34. The Labute approximate surface area is 225 Å². The molecule has 5 rings (SSSR count). The lowest BCUT2D eigenvalue weighted by molar-refractivity contribution is -0.125. The number of hydrogen-bond acceptors (Lipinski definition) is 7. The number of ether oxygens (including phenoxy) is 1. The molecule has 0 radical (unpaired) electrons. The van der Waals surface area contributed by atoms with E-state index in [-0.39, 0.29) is 42.8 Å². The lowest BCUT2D eigenvalue weighted by Crippen LogP contribution is -2.56. The van der Waals surface area contributed by atoms with Crippen molar-refractivity contribution in [1.29, 1.82) is 0 Å². The van der Waals surface area contributed by atoms with Crippen molar-refractivity contribution in [2.45, 2.75) is 31.8 Å². The second kappa shape index (κ2) is 10.3. The van der Waals surface area contributed by atoms with Crippen LogP contribution < -0.4 is 20.7 Å². The lowest BCUT2D eigenvalue weighted by Gasteiger charge is -2.33. The molecular weight excluding hydrogens is 507 g/mol. The van der Waals surface area contributed by atoms with Gasteiger partial charge in [-0.05, 0) is 68.8 Å². The Bertz CT molecular complexity index is 1350. The number of rotatable bonds is 6. The van der Waals surface area contributed by atoms with Gasteiger partial charge in [-0.2, -0.15) is 0 Å². The average Bonchev–Trinajstić information content (AvgIpc) is 3.39. The summed E-state index contributed by atoms with van der Waals surface area (Å²) in [6.07, 6.45) is 4.86. The predicted octanol–water partition coefficient (Wildman–Crippen LogP) is 1.11. The van der Waals surface area contributed by atoms with E-state index in [2.05, 4.69) is 25.8 Å². The third-order valence-corrected chi connectivity index (χ3v) is 7.91. The van der Waals surface area contributed by atoms with E-state index in [0.717, 1.165) is 25.9 Å². The minimum absolute atomic E-state index is 0.0535. The summed E-state index contributed by atoms with van der Waals surface area (Å²) in [6, 6.07) is 2.35. The number of nitrogens with zero attached hydrogens (tertiary/aromatic N) is 3. The highest BCUT2D eigenvalue weighted by atomic mass is 19.1. The van der Waals surface area contributed by atoms with Crippen molar-refractivity contribution < 1.29 is 28.3 Å². The molecule has 1 unspecified atom stereocenters. The molecule has 12 heteroatoms. The number of methoxy groups -OCH3 is 1. The van der Waals surface area contributed by atoms with Crippen LogP contribution in [0.25, 0.3) is 0 Å².